The Kier molecular flexibility index (Phi) is 9.02. The third kappa shape index (κ3) is 6.80. The fourth-order valence-electron chi connectivity index (χ4n) is 5.90. The van der Waals surface area contributed by atoms with Crippen LogP contribution in [0, 0.1) is 11.6 Å². The summed E-state index contributed by atoms with van der Waals surface area (Å²) in [6.07, 6.45) is 2.69. The summed E-state index contributed by atoms with van der Waals surface area (Å²) in [6, 6.07) is 12.2. The first-order valence-electron chi connectivity index (χ1n) is 15.2. The van der Waals surface area contributed by atoms with Gasteiger partial charge < -0.3 is 25.2 Å². The smallest absolute Gasteiger partial charge is 0.258 e. The summed E-state index contributed by atoms with van der Waals surface area (Å²) in [5, 5.41) is 13.8. The van der Waals surface area contributed by atoms with Crippen molar-refractivity contribution in [1.29, 1.82) is 0 Å². The van der Waals surface area contributed by atoms with Crippen LogP contribution in [0.15, 0.2) is 64.4 Å². The Labute approximate surface area is 260 Å². The molecule has 2 fully saturated rings. The van der Waals surface area contributed by atoms with Crippen molar-refractivity contribution in [3.05, 3.63) is 71.8 Å². The second-order valence-electron chi connectivity index (χ2n) is 11.4. The maximum atomic E-state index is 13.8. The van der Waals surface area contributed by atoms with Gasteiger partial charge in [-0.25, -0.2) is 17.2 Å². The number of hydrogen-bond acceptors (Lipinski definition) is 8. The monoisotopic (exact) mass is 638 g/mol. The van der Waals surface area contributed by atoms with Crippen LogP contribution < -0.4 is 15.5 Å². The molecule has 2 aliphatic heterocycles. The number of fused-ring (bicyclic) bond motifs is 1. The van der Waals surface area contributed by atoms with E-state index < -0.39 is 32.3 Å². The van der Waals surface area contributed by atoms with Gasteiger partial charge in [0.25, 0.3) is 5.91 Å². The summed E-state index contributed by atoms with van der Waals surface area (Å²) in [5.74, 6) is -2.29. The van der Waals surface area contributed by atoms with Crippen LogP contribution in [0.25, 0.3) is 10.9 Å². The number of nitrogens with one attached hydrogen (secondary N) is 3. The summed E-state index contributed by atoms with van der Waals surface area (Å²) in [4.78, 5) is 17.8. The van der Waals surface area contributed by atoms with Crippen LogP contribution in [0.4, 0.5) is 26.0 Å². The average Bonchev–Trinajstić information content (AvgIpc) is 3.26. The van der Waals surface area contributed by atoms with E-state index in [2.05, 4.69) is 37.6 Å². The van der Waals surface area contributed by atoms with E-state index in [1.165, 1.54) is 18.2 Å². The molecule has 0 saturated carbocycles. The molecule has 1 amide bonds. The molecule has 238 valence electrons. The Morgan fingerprint density at radius 1 is 0.978 bits per heavy atom. The second kappa shape index (κ2) is 13.1. The summed E-state index contributed by atoms with van der Waals surface area (Å²) in [6.45, 7) is 8.32. The van der Waals surface area contributed by atoms with Gasteiger partial charge in [-0.2, -0.15) is 5.10 Å². The summed E-state index contributed by atoms with van der Waals surface area (Å²) >= 11 is 0. The van der Waals surface area contributed by atoms with Crippen molar-refractivity contribution in [3.63, 3.8) is 0 Å². The Hall–Kier alpha value is -4.07. The molecular weight excluding hydrogens is 602 g/mol. The van der Waals surface area contributed by atoms with E-state index in [0.29, 0.717) is 41.4 Å². The first-order chi connectivity index (χ1) is 21.7. The molecule has 2 saturated heterocycles. The molecule has 3 aromatic carbocycles. The van der Waals surface area contributed by atoms with E-state index in [1.807, 2.05) is 12.1 Å². The average molecular weight is 639 g/mol. The van der Waals surface area contributed by atoms with Crippen molar-refractivity contribution in [1.82, 2.24) is 15.1 Å². The molecule has 6 rings (SSSR count). The van der Waals surface area contributed by atoms with Gasteiger partial charge in [0.1, 0.15) is 11.6 Å². The summed E-state index contributed by atoms with van der Waals surface area (Å²) in [7, 11) is -4.26. The lowest BCUT2D eigenvalue weighted by Gasteiger charge is -2.28. The Morgan fingerprint density at radius 3 is 2.51 bits per heavy atom. The maximum Gasteiger partial charge on any atom is 0.258 e. The zero-order chi connectivity index (χ0) is 31.6. The van der Waals surface area contributed by atoms with Crippen molar-refractivity contribution in [2.45, 2.75) is 42.0 Å². The number of rotatable bonds is 8. The predicted octanol–water partition coefficient (Wildman–Crippen LogP) is 5.05. The molecule has 1 aromatic heterocycles. The summed E-state index contributed by atoms with van der Waals surface area (Å²) in [5.41, 5.74) is 2.64. The maximum absolute atomic E-state index is 13.8. The highest BCUT2D eigenvalue weighted by atomic mass is 32.2. The number of sulfone groups is 1. The van der Waals surface area contributed by atoms with E-state index in [-0.39, 0.29) is 16.8 Å². The highest BCUT2D eigenvalue weighted by Crippen LogP contribution is 2.31. The molecule has 45 heavy (non-hydrogen) atoms. The van der Waals surface area contributed by atoms with Crippen LogP contribution in [0.2, 0.25) is 0 Å². The van der Waals surface area contributed by atoms with Gasteiger partial charge in [0.2, 0.25) is 9.84 Å². The van der Waals surface area contributed by atoms with E-state index in [4.69, 9.17) is 4.74 Å². The zero-order valence-corrected chi connectivity index (χ0v) is 25.8. The zero-order valence-electron chi connectivity index (χ0n) is 25.0. The van der Waals surface area contributed by atoms with Crippen LogP contribution in [0.5, 0.6) is 0 Å². The lowest BCUT2D eigenvalue weighted by Crippen LogP contribution is -2.31. The quantitative estimate of drug-likeness (QED) is 0.246. The molecule has 0 spiro atoms. The van der Waals surface area contributed by atoms with Crippen LogP contribution in [0.3, 0.4) is 0 Å². The van der Waals surface area contributed by atoms with Crippen molar-refractivity contribution in [2.24, 2.45) is 0 Å². The Morgan fingerprint density at radius 2 is 1.76 bits per heavy atom. The molecule has 0 atom stereocenters. The number of halogens is 2. The highest BCUT2D eigenvalue weighted by molar-refractivity contribution is 7.91. The normalized spacial score (nSPS) is 16.9. The van der Waals surface area contributed by atoms with Crippen molar-refractivity contribution in [3.8, 4) is 0 Å². The van der Waals surface area contributed by atoms with Crippen molar-refractivity contribution >= 4 is 43.8 Å². The first kappa shape index (κ1) is 30.9. The molecule has 0 aliphatic carbocycles. The fourth-order valence-corrected chi connectivity index (χ4v) is 7.23. The minimum absolute atomic E-state index is 0.130. The fraction of sp³-hybridized carbons (Fsp3) is 0.375. The number of nitrogens with zero attached hydrogens (tertiary/aromatic N) is 3. The van der Waals surface area contributed by atoms with Crippen molar-refractivity contribution < 1.29 is 26.7 Å². The molecule has 3 heterocycles. The number of hydrogen-bond donors (Lipinski definition) is 3. The van der Waals surface area contributed by atoms with E-state index >= 15 is 0 Å². The number of anilines is 3. The predicted molar refractivity (Wildman–Crippen MR) is 169 cm³/mol. The topological polar surface area (TPSA) is 120 Å². The van der Waals surface area contributed by atoms with Gasteiger partial charge in [-0.15, -0.1) is 0 Å². The van der Waals surface area contributed by atoms with Crippen LogP contribution >= 0.6 is 0 Å². The highest BCUT2D eigenvalue weighted by Gasteiger charge is 2.24. The van der Waals surface area contributed by atoms with E-state index in [9.17, 15) is 22.0 Å². The first-order valence-corrected chi connectivity index (χ1v) is 16.7. The molecule has 13 heteroatoms. The van der Waals surface area contributed by atoms with E-state index in [1.54, 1.807) is 6.07 Å². The number of carbonyl (C=O) groups is 1. The number of ether oxygens (including phenoxy) is 1. The largest absolute Gasteiger partial charge is 0.381 e. The Balaban J connectivity index is 1.29. The minimum Gasteiger partial charge on any atom is -0.381 e. The SMILES string of the molecule is CCN1CCCN(c2ccc(C(=O)Nc3n[nH]c4ccc(S(=O)(=O)c5cc(F)cc(F)c5)cc34)c(NC3CCOCC3)c2)CC1. The van der Waals surface area contributed by atoms with Gasteiger partial charge in [0.15, 0.2) is 5.82 Å². The van der Waals surface area contributed by atoms with Gasteiger partial charge >= 0.3 is 0 Å². The number of carbonyl (C=O) groups excluding carboxylic acids is 1. The lowest BCUT2D eigenvalue weighted by atomic mass is 10.1. The molecule has 0 unspecified atom stereocenters. The second-order valence-corrected chi connectivity index (χ2v) is 13.3. The number of likely N-dealkylation sites (N-methyl/N-ethyl adjacent to an activating group) is 1. The lowest BCUT2D eigenvalue weighted by molar-refractivity contribution is 0.0904. The number of aromatic nitrogens is 2. The third-order valence-electron chi connectivity index (χ3n) is 8.45. The standard InChI is InChI=1S/C32H36F2N6O4S/c1-2-39-10-3-11-40(13-12-39)24-4-6-27(30(19-24)35-23-8-14-44-15-9-23)32(41)36-31-28-20-25(5-7-29(28)37-38-31)45(42,43)26-17-21(33)16-22(34)18-26/h4-7,16-20,23,35H,2-3,8-15H2,1H3,(H2,36,37,38,41). The van der Waals surface area contributed by atoms with Gasteiger partial charge in [-0.05, 0) is 80.9 Å². The van der Waals surface area contributed by atoms with Gasteiger partial charge in [0, 0.05) is 61.7 Å². The number of aromatic amines is 1. The number of H-pyrrole nitrogens is 1. The van der Waals surface area contributed by atoms with Gasteiger partial charge in [0.05, 0.1) is 20.9 Å². The van der Waals surface area contributed by atoms with E-state index in [0.717, 1.165) is 69.8 Å². The molecule has 0 radical (unpaired) electrons. The van der Waals surface area contributed by atoms with Gasteiger partial charge in [-0.3, -0.25) is 9.89 Å². The van der Waals surface area contributed by atoms with Crippen LogP contribution in [-0.4, -0.2) is 81.4 Å². The molecule has 0 bridgehead atoms. The number of amides is 1. The third-order valence-corrected chi connectivity index (χ3v) is 10.2. The summed E-state index contributed by atoms with van der Waals surface area (Å²) < 4.78 is 59.6. The Bertz CT molecular complexity index is 1790. The molecule has 10 nitrogen and oxygen atoms in total. The van der Waals surface area contributed by atoms with Gasteiger partial charge in [-0.1, -0.05) is 6.92 Å². The molecule has 3 N–H and O–H groups in total. The molecule has 2 aliphatic rings. The van der Waals surface area contributed by atoms with Crippen LogP contribution in [0.1, 0.15) is 36.5 Å². The number of benzene rings is 3. The minimum atomic E-state index is -4.26. The van der Waals surface area contributed by atoms with Crippen molar-refractivity contribution in [2.75, 3.05) is 61.5 Å². The molecule has 4 aromatic rings. The van der Waals surface area contributed by atoms with Crippen LogP contribution in [-0.2, 0) is 14.6 Å². The molecular formula is C32H36F2N6O4S.